The first-order valence-electron chi connectivity index (χ1n) is 6.43. The van der Waals surface area contributed by atoms with Crippen LogP contribution in [0.4, 0.5) is 5.69 Å². The number of hydrogen-bond donors (Lipinski definition) is 1. The SMILES string of the molecule is Cc1ccc([C@@H]2Nc3ccccc3C=C2[N+](=O)[O-])cc1. The van der Waals surface area contributed by atoms with E-state index < -0.39 is 6.04 Å². The van der Waals surface area contributed by atoms with Gasteiger partial charge in [0.25, 0.3) is 5.70 Å². The first-order valence-corrected chi connectivity index (χ1v) is 6.43. The zero-order valence-electron chi connectivity index (χ0n) is 11.0. The Kier molecular flexibility index (Phi) is 2.99. The average Bonchev–Trinajstić information content (AvgIpc) is 2.46. The Hall–Kier alpha value is -2.62. The molecule has 20 heavy (non-hydrogen) atoms. The minimum absolute atomic E-state index is 0.174. The van der Waals surface area contributed by atoms with Gasteiger partial charge in [-0.2, -0.15) is 0 Å². The van der Waals surface area contributed by atoms with Crippen LogP contribution in [0.3, 0.4) is 0 Å². The van der Waals surface area contributed by atoms with Crippen LogP contribution in [-0.2, 0) is 0 Å². The van der Waals surface area contributed by atoms with Crippen molar-refractivity contribution in [2.45, 2.75) is 13.0 Å². The quantitative estimate of drug-likeness (QED) is 0.664. The normalized spacial score (nSPS) is 16.9. The second kappa shape index (κ2) is 4.81. The summed E-state index contributed by atoms with van der Waals surface area (Å²) in [5.74, 6) is 0. The van der Waals surface area contributed by atoms with E-state index in [0.717, 1.165) is 22.4 Å². The third-order valence-corrected chi connectivity index (χ3v) is 3.48. The smallest absolute Gasteiger partial charge is 0.273 e. The molecule has 2 aromatic carbocycles. The highest BCUT2D eigenvalue weighted by Crippen LogP contribution is 2.35. The number of nitrogens with one attached hydrogen (secondary N) is 1. The van der Waals surface area contributed by atoms with Gasteiger partial charge in [0.2, 0.25) is 0 Å². The molecule has 0 aromatic heterocycles. The van der Waals surface area contributed by atoms with Crippen LogP contribution >= 0.6 is 0 Å². The van der Waals surface area contributed by atoms with Gasteiger partial charge in [-0.25, -0.2) is 0 Å². The fourth-order valence-corrected chi connectivity index (χ4v) is 2.40. The fourth-order valence-electron chi connectivity index (χ4n) is 2.40. The van der Waals surface area contributed by atoms with E-state index in [-0.39, 0.29) is 10.6 Å². The summed E-state index contributed by atoms with van der Waals surface area (Å²) in [6, 6.07) is 15.0. The molecule has 0 spiro atoms. The first kappa shape index (κ1) is 12.4. The van der Waals surface area contributed by atoms with Crippen LogP contribution in [0.25, 0.3) is 6.08 Å². The van der Waals surface area contributed by atoms with Crippen molar-refractivity contribution in [3.63, 3.8) is 0 Å². The Morgan fingerprint density at radius 3 is 2.50 bits per heavy atom. The third-order valence-electron chi connectivity index (χ3n) is 3.48. The molecule has 1 aliphatic heterocycles. The highest BCUT2D eigenvalue weighted by atomic mass is 16.6. The van der Waals surface area contributed by atoms with Gasteiger partial charge in [-0.15, -0.1) is 0 Å². The van der Waals surface area contributed by atoms with Crippen LogP contribution in [0.5, 0.6) is 0 Å². The van der Waals surface area contributed by atoms with Crippen molar-refractivity contribution < 1.29 is 4.92 Å². The van der Waals surface area contributed by atoms with Crippen molar-refractivity contribution in [1.29, 1.82) is 0 Å². The topological polar surface area (TPSA) is 55.2 Å². The molecular formula is C16H14N2O2. The monoisotopic (exact) mass is 266 g/mol. The van der Waals surface area contributed by atoms with Gasteiger partial charge in [-0.1, -0.05) is 48.0 Å². The largest absolute Gasteiger partial charge is 0.368 e. The summed E-state index contributed by atoms with van der Waals surface area (Å²) in [4.78, 5) is 11.0. The molecule has 0 amide bonds. The van der Waals surface area contributed by atoms with Crippen LogP contribution in [-0.4, -0.2) is 4.92 Å². The van der Waals surface area contributed by atoms with E-state index in [4.69, 9.17) is 0 Å². The minimum Gasteiger partial charge on any atom is -0.368 e. The number of fused-ring (bicyclic) bond motifs is 1. The zero-order valence-corrected chi connectivity index (χ0v) is 11.0. The number of nitro groups is 1. The van der Waals surface area contributed by atoms with Gasteiger partial charge in [0, 0.05) is 17.3 Å². The Labute approximate surface area is 116 Å². The maximum Gasteiger partial charge on any atom is 0.273 e. The van der Waals surface area contributed by atoms with Gasteiger partial charge in [0.1, 0.15) is 6.04 Å². The molecule has 4 heteroatoms. The van der Waals surface area contributed by atoms with Gasteiger partial charge < -0.3 is 5.32 Å². The predicted molar refractivity (Wildman–Crippen MR) is 79.0 cm³/mol. The van der Waals surface area contributed by atoms with Gasteiger partial charge in [-0.3, -0.25) is 10.1 Å². The first-order chi connectivity index (χ1) is 9.65. The maximum atomic E-state index is 11.3. The number of hydrogen-bond acceptors (Lipinski definition) is 3. The van der Waals surface area contributed by atoms with Crippen LogP contribution < -0.4 is 5.32 Å². The van der Waals surface area contributed by atoms with Gasteiger partial charge in [-0.05, 0) is 18.6 Å². The number of anilines is 1. The van der Waals surface area contributed by atoms with Crippen molar-refractivity contribution in [3.8, 4) is 0 Å². The van der Waals surface area contributed by atoms with Crippen molar-refractivity contribution in [3.05, 3.63) is 81.0 Å². The van der Waals surface area contributed by atoms with E-state index in [1.54, 1.807) is 6.08 Å². The van der Waals surface area contributed by atoms with E-state index in [1.165, 1.54) is 0 Å². The molecule has 0 unspecified atom stereocenters. The summed E-state index contributed by atoms with van der Waals surface area (Å²) < 4.78 is 0. The maximum absolute atomic E-state index is 11.3. The van der Waals surface area contributed by atoms with Crippen molar-refractivity contribution in [2.75, 3.05) is 5.32 Å². The lowest BCUT2D eigenvalue weighted by Crippen LogP contribution is -2.21. The van der Waals surface area contributed by atoms with Crippen LogP contribution in [0.15, 0.2) is 54.2 Å². The van der Waals surface area contributed by atoms with Crippen LogP contribution in [0.2, 0.25) is 0 Å². The van der Waals surface area contributed by atoms with Gasteiger partial charge in [0.05, 0.1) is 4.92 Å². The molecule has 0 saturated heterocycles. The number of nitrogens with zero attached hydrogens (tertiary/aromatic N) is 1. The summed E-state index contributed by atoms with van der Waals surface area (Å²) >= 11 is 0. The Morgan fingerprint density at radius 1 is 1.10 bits per heavy atom. The summed E-state index contributed by atoms with van der Waals surface area (Å²) in [5, 5.41) is 14.6. The molecule has 2 aromatic rings. The Balaban J connectivity index is 2.08. The lowest BCUT2D eigenvalue weighted by molar-refractivity contribution is -0.427. The molecule has 3 rings (SSSR count). The lowest BCUT2D eigenvalue weighted by atomic mass is 9.96. The van der Waals surface area contributed by atoms with Crippen LogP contribution in [0, 0.1) is 17.0 Å². The fraction of sp³-hybridized carbons (Fsp3) is 0.125. The standard InChI is InChI=1S/C16H14N2O2/c1-11-6-8-12(9-7-11)16-15(18(19)20)10-13-4-2-3-5-14(13)17-16/h2-10,16-17H,1H3/t16-/m0/s1. The molecule has 1 atom stereocenters. The highest BCUT2D eigenvalue weighted by Gasteiger charge is 2.30. The number of aryl methyl sites for hydroxylation is 1. The predicted octanol–water partition coefficient (Wildman–Crippen LogP) is 3.78. The summed E-state index contributed by atoms with van der Waals surface area (Å²) in [5.41, 5.74) is 3.98. The average molecular weight is 266 g/mol. The Bertz CT molecular complexity index is 690. The van der Waals surface area contributed by atoms with E-state index in [9.17, 15) is 10.1 Å². The van der Waals surface area contributed by atoms with E-state index in [2.05, 4.69) is 5.32 Å². The molecule has 1 heterocycles. The molecule has 100 valence electrons. The van der Waals surface area contributed by atoms with E-state index >= 15 is 0 Å². The third kappa shape index (κ3) is 2.16. The van der Waals surface area contributed by atoms with E-state index in [0.29, 0.717) is 0 Å². The number of para-hydroxylation sites is 1. The van der Waals surface area contributed by atoms with Crippen LogP contribution in [0.1, 0.15) is 22.7 Å². The molecule has 0 saturated carbocycles. The second-order valence-corrected chi connectivity index (χ2v) is 4.90. The number of benzene rings is 2. The molecule has 0 aliphatic carbocycles. The summed E-state index contributed by atoms with van der Waals surface area (Å²) in [6.07, 6.45) is 1.65. The number of rotatable bonds is 2. The molecule has 1 aliphatic rings. The Morgan fingerprint density at radius 2 is 1.80 bits per heavy atom. The van der Waals surface area contributed by atoms with Crippen molar-refractivity contribution in [2.24, 2.45) is 0 Å². The molecule has 0 bridgehead atoms. The highest BCUT2D eigenvalue weighted by molar-refractivity contribution is 5.72. The van der Waals surface area contributed by atoms with Crippen molar-refractivity contribution in [1.82, 2.24) is 0 Å². The summed E-state index contributed by atoms with van der Waals surface area (Å²) in [7, 11) is 0. The lowest BCUT2D eigenvalue weighted by Gasteiger charge is -2.23. The van der Waals surface area contributed by atoms with Gasteiger partial charge >= 0.3 is 0 Å². The molecule has 0 fully saturated rings. The molecule has 0 radical (unpaired) electrons. The molecule has 1 N–H and O–H groups in total. The molecule has 4 nitrogen and oxygen atoms in total. The van der Waals surface area contributed by atoms with E-state index in [1.807, 2.05) is 55.5 Å². The van der Waals surface area contributed by atoms with Crippen molar-refractivity contribution >= 4 is 11.8 Å². The minimum atomic E-state index is -0.416. The van der Waals surface area contributed by atoms with Gasteiger partial charge in [0.15, 0.2) is 0 Å². The summed E-state index contributed by atoms with van der Waals surface area (Å²) in [6.45, 7) is 2.00. The molecular weight excluding hydrogens is 252 g/mol. The second-order valence-electron chi connectivity index (χ2n) is 4.90. The zero-order chi connectivity index (χ0) is 14.1.